The number of phenolic OH excluding ortho intramolecular Hbond substituents is 3. The number of carbonyl (C=O) groups is 1. The minimum absolute atomic E-state index is 0.251. The van der Waals surface area contributed by atoms with Crippen molar-refractivity contribution in [3.63, 3.8) is 0 Å². The molecule has 0 saturated heterocycles. The quantitative estimate of drug-likeness (QED) is 0.221. The van der Waals surface area contributed by atoms with Gasteiger partial charge in [-0.1, -0.05) is 0 Å². The number of nitrogens with zero attached hydrogens (tertiary/aromatic N) is 1. The fourth-order valence-electron chi connectivity index (χ4n) is 1.04. The fraction of sp³-hybridized carbons (Fsp3) is 0.200. The largest absolute Gasteiger partial charge is 0.504 e. The first-order valence-corrected chi connectivity index (χ1v) is 4.90. The summed E-state index contributed by atoms with van der Waals surface area (Å²) < 4.78 is 0. The van der Waals surface area contributed by atoms with Crippen molar-refractivity contribution in [2.75, 3.05) is 6.61 Å². The average molecular weight is 255 g/mol. The Hall–Kier alpha value is -2.32. The van der Waals surface area contributed by atoms with Gasteiger partial charge in [-0.2, -0.15) is 5.10 Å². The lowest BCUT2D eigenvalue weighted by atomic mass is 10.2. The number of hydrogen-bond donors (Lipinski definition) is 6. The smallest absolute Gasteiger partial charge is 0.259 e. The highest BCUT2D eigenvalue weighted by Gasteiger charge is 2.10. The van der Waals surface area contributed by atoms with E-state index < -0.39 is 35.8 Å². The summed E-state index contributed by atoms with van der Waals surface area (Å²) in [5.41, 5.74) is 7.52. The monoisotopic (exact) mass is 255 g/mol. The zero-order valence-electron chi connectivity index (χ0n) is 9.24. The first kappa shape index (κ1) is 13.7. The number of nitrogens with two attached hydrogens (primary N) is 1. The molecule has 0 heterocycles. The molecule has 7 N–H and O–H groups in total. The Kier molecular flexibility index (Phi) is 4.46. The van der Waals surface area contributed by atoms with Crippen molar-refractivity contribution in [2.45, 2.75) is 6.04 Å². The Morgan fingerprint density at radius 3 is 2.44 bits per heavy atom. The molecule has 0 saturated carbocycles. The molecule has 1 aromatic carbocycles. The number of phenols is 3. The summed E-state index contributed by atoms with van der Waals surface area (Å²) in [4.78, 5) is 11.1. The molecule has 0 radical (unpaired) electrons. The van der Waals surface area contributed by atoms with Crippen LogP contribution in [0.5, 0.6) is 17.2 Å². The molecule has 18 heavy (non-hydrogen) atoms. The van der Waals surface area contributed by atoms with Crippen LogP contribution in [-0.2, 0) is 4.79 Å². The van der Waals surface area contributed by atoms with E-state index in [2.05, 4.69) is 10.5 Å². The maximum absolute atomic E-state index is 11.1. The van der Waals surface area contributed by atoms with Gasteiger partial charge in [-0.3, -0.25) is 4.79 Å². The number of amides is 1. The Morgan fingerprint density at radius 2 is 1.94 bits per heavy atom. The Bertz CT molecular complexity index is 452. The molecule has 0 spiro atoms. The zero-order chi connectivity index (χ0) is 13.7. The summed E-state index contributed by atoms with van der Waals surface area (Å²) in [5.74, 6) is -2.36. The number of aromatic hydroxyl groups is 3. The SMILES string of the molecule is N[C@@H](CO)C(=O)NN=Cc1cc(O)c(O)c(O)c1. The highest BCUT2D eigenvalue weighted by atomic mass is 16.3. The minimum atomic E-state index is -1.08. The summed E-state index contributed by atoms with van der Waals surface area (Å²) in [6.07, 6.45) is 1.13. The van der Waals surface area contributed by atoms with Gasteiger partial charge in [0.05, 0.1) is 12.8 Å². The van der Waals surface area contributed by atoms with E-state index in [0.29, 0.717) is 0 Å². The topological polar surface area (TPSA) is 148 Å². The molecule has 0 bridgehead atoms. The molecule has 1 rings (SSSR count). The van der Waals surface area contributed by atoms with E-state index in [-0.39, 0.29) is 5.56 Å². The third-order valence-corrected chi connectivity index (χ3v) is 2.01. The molecule has 1 atom stereocenters. The molecule has 0 aliphatic heterocycles. The Balaban J connectivity index is 2.71. The van der Waals surface area contributed by atoms with Crippen molar-refractivity contribution >= 4 is 12.1 Å². The predicted molar refractivity (Wildman–Crippen MR) is 62.2 cm³/mol. The summed E-state index contributed by atoms with van der Waals surface area (Å²) in [6, 6.07) is 1.19. The van der Waals surface area contributed by atoms with Crippen molar-refractivity contribution in [1.82, 2.24) is 5.43 Å². The maximum Gasteiger partial charge on any atom is 0.259 e. The molecule has 1 aromatic rings. The standard InChI is InChI=1S/C10H13N3O5/c11-6(4-14)10(18)13-12-3-5-1-7(15)9(17)8(16)2-5/h1-3,6,14-17H,4,11H2,(H,13,18)/t6-/m0/s1. The van der Waals surface area contributed by atoms with Crippen molar-refractivity contribution < 1.29 is 25.2 Å². The zero-order valence-corrected chi connectivity index (χ0v) is 9.24. The van der Waals surface area contributed by atoms with Crippen LogP contribution in [0.1, 0.15) is 5.56 Å². The highest BCUT2D eigenvalue weighted by Crippen LogP contribution is 2.34. The van der Waals surface area contributed by atoms with Gasteiger partial charge >= 0.3 is 0 Å². The normalized spacial score (nSPS) is 12.6. The van der Waals surface area contributed by atoms with E-state index in [1.165, 1.54) is 0 Å². The van der Waals surface area contributed by atoms with Crippen LogP contribution in [0.2, 0.25) is 0 Å². The highest BCUT2D eigenvalue weighted by molar-refractivity contribution is 5.85. The number of benzene rings is 1. The van der Waals surface area contributed by atoms with Crippen LogP contribution < -0.4 is 11.2 Å². The third kappa shape index (κ3) is 3.34. The van der Waals surface area contributed by atoms with Crippen LogP contribution >= 0.6 is 0 Å². The lowest BCUT2D eigenvalue weighted by Crippen LogP contribution is -2.40. The van der Waals surface area contributed by atoms with E-state index in [9.17, 15) is 15.0 Å². The minimum Gasteiger partial charge on any atom is -0.504 e. The van der Waals surface area contributed by atoms with Crippen molar-refractivity contribution in [3.05, 3.63) is 17.7 Å². The lowest BCUT2D eigenvalue weighted by molar-refractivity contribution is -0.123. The van der Waals surface area contributed by atoms with Crippen LogP contribution in [0.25, 0.3) is 0 Å². The molecule has 0 unspecified atom stereocenters. The molecular formula is C10H13N3O5. The van der Waals surface area contributed by atoms with Gasteiger partial charge in [-0.25, -0.2) is 5.43 Å². The van der Waals surface area contributed by atoms with Gasteiger partial charge in [0.1, 0.15) is 6.04 Å². The molecule has 8 heteroatoms. The van der Waals surface area contributed by atoms with Crippen LogP contribution in [0.15, 0.2) is 17.2 Å². The number of hydrogen-bond acceptors (Lipinski definition) is 7. The number of hydrazone groups is 1. The Morgan fingerprint density at radius 1 is 1.39 bits per heavy atom. The van der Waals surface area contributed by atoms with Gasteiger partial charge in [0.2, 0.25) is 0 Å². The molecular weight excluding hydrogens is 242 g/mol. The maximum atomic E-state index is 11.1. The molecule has 0 fully saturated rings. The number of aliphatic hydroxyl groups excluding tert-OH is 1. The molecule has 98 valence electrons. The van der Waals surface area contributed by atoms with Gasteiger partial charge < -0.3 is 26.2 Å². The fourth-order valence-corrected chi connectivity index (χ4v) is 1.04. The van der Waals surface area contributed by atoms with Crippen molar-refractivity contribution in [2.24, 2.45) is 10.8 Å². The number of rotatable bonds is 4. The summed E-state index contributed by atoms with van der Waals surface area (Å²) in [6.45, 7) is -0.512. The van der Waals surface area contributed by atoms with Crippen molar-refractivity contribution in [3.8, 4) is 17.2 Å². The van der Waals surface area contributed by atoms with Gasteiger partial charge in [0, 0.05) is 5.56 Å². The second-order valence-corrected chi connectivity index (χ2v) is 3.43. The van der Waals surface area contributed by atoms with Crippen LogP contribution in [0.4, 0.5) is 0 Å². The van der Waals surface area contributed by atoms with Crippen LogP contribution in [0.3, 0.4) is 0 Å². The second-order valence-electron chi connectivity index (χ2n) is 3.43. The third-order valence-electron chi connectivity index (χ3n) is 2.01. The Labute approximate surface area is 102 Å². The lowest BCUT2D eigenvalue weighted by Gasteiger charge is -2.05. The predicted octanol–water partition coefficient (Wildman–Crippen LogP) is -1.43. The summed E-state index contributed by atoms with van der Waals surface area (Å²) in [7, 11) is 0. The van der Waals surface area contributed by atoms with Gasteiger partial charge in [-0.05, 0) is 12.1 Å². The van der Waals surface area contributed by atoms with E-state index in [0.717, 1.165) is 18.3 Å². The van der Waals surface area contributed by atoms with E-state index >= 15 is 0 Å². The van der Waals surface area contributed by atoms with E-state index in [4.69, 9.17) is 15.9 Å². The molecule has 8 nitrogen and oxygen atoms in total. The molecule has 0 aromatic heterocycles. The molecule has 0 aliphatic rings. The number of carbonyl (C=O) groups excluding carboxylic acids is 1. The van der Waals surface area contributed by atoms with E-state index in [1.807, 2.05) is 0 Å². The first-order chi connectivity index (χ1) is 8.45. The van der Waals surface area contributed by atoms with E-state index in [1.54, 1.807) is 0 Å². The summed E-state index contributed by atoms with van der Waals surface area (Å²) in [5, 5.41) is 39.6. The van der Waals surface area contributed by atoms with Gasteiger partial charge in [-0.15, -0.1) is 0 Å². The number of nitrogens with one attached hydrogen (secondary N) is 1. The molecule has 0 aliphatic carbocycles. The van der Waals surface area contributed by atoms with Crippen LogP contribution in [0, 0.1) is 0 Å². The van der Waals surface area contributed by atoms with Crippen molar-refractivity contribution in [1.29, 1.82) is 0 Å². The van der Waals surface area contributed by atoms with Gasteiger partial charge in [0.25, 0.3) is 5.91 Å². The summed E-state index contributed by atoms with van der Waals surface area (Å²) >= 11 is 0. The second kappa shape index (κ2) is 5.84. The average Bonchev–Trinajstić information content (AvgIpc) is 2.34. The number of aliphatic hydroxyl groups is 1. The molecule has 1 amide bonds. The van der Waals surface area contributed by atoms with Crippen LogP contribution in [-0.4, -0.2) is 45.2 Å². The van der Waals surface area contributed by atoms with Gasteiger partial charge in [0.15, 0.2) is 17.2 Å². The first-order valence-electron chi connectivity index (χ1n) is 4.90.